The largest absolute Gasteiger partial charge is 0.493 e. The Labute approximate surface area is 165 Å². The molecule has 0 radical (unpaired) electrons. The molecule has 4 rings (SSSR count). The van der Waals surface area contributed by atoms with E-state index in [9.17, 15) is 4.79 Å². The highest BCUT2D eigenvalue weighted by Gasteiger charge is 2.13. The maximum absolute atomic E-state index is 12.9. The van der Waals surface area contributed by atoms with E-state index in [4.69, 9.17) is 21.1 Å². The summed E-state index contributed by atoms with van der Waals surface area (Å²) in [6.07, 6.45) is 1.57. The minimum atomic E-state index is -0.286. The molecule has 0 spiro atoms. The number of fused-ring (bicyclic) bond motifs is 3. The van der Waals surface area contributed by atoms with E-state index in [0.29, 0.717) is 33.4 Å². The summed E-state index contributed by atoms with van der Waals surface area (Å²) in [5.41, 5.74) is 2.23. The third kappa shape index (κ3) is 2.99. The van der Waals surface area contributed by atoms with Crippen LogP contribution in [0.5, 0.6) is 11.5 Å². The molecule has 7 nitrogen and oxygen atoms in total. The maximum atomic E-state index is 12.9. The highest BCUT2D eigenvalue weighted by Crippen LogP contribution is 2.27. The van der Waals surface area contributed by atoms with Gasteiger partial charge in [0.05, 0.1) is 20.4 Å². The number of halogens is 1. The van der Waals surface area contributed by atoms with E-state index in [2.05, 4.69) is 15.1 Å². The Hall–Kier alpha value is -3.32. The zero-order chi connectivity index (χ0) is 19.8. The number of hydrogen-bond acceptors (Lipinski definition) is 5. The number of nitrogens with one attached hydrogen (secondary N) is 1. The topological polar surface area (TPSA) is 81.5 Å². The number of benzene rings is 2. The van der Waals surface area contributed by atoms with Crippen molar-refractivity contribution in [1.82, 2.24) is 14.6 Å². The molecule has 8 heteroatoms. The van der Waals surface area contributed by atoms with Gasteiger partial charge in [-0.2, -0.15) is 9.78 Å². The highest BCUT2D eigenvalue weighted by atomic mass is 35.5. The molecule has 0 aliphatic carbocycles. The molecule has 0 atom stereocenters. The zero-order valence-corrected chi connectivity index (χ0v) is 16.2. The lowest BCUT2D eigenvalue weighted by atomic mass is 10.2. The van der Waals surface area contributed by atoms with Crippen molar-refractivity contribution in [3.63, 3.8) is 0 Å². The van der Waals surface area contributed by atoms with E-state index in [-0.39, 0.29) is 5.56 Å². The van der Waals surface area contributed by atoms with E-state index in [1.165, 1.54) is 4.68 Å². The summed E-state index contributed by atoms with van der Waals surface area (Å²) < 4.78 is 11.8. The average molecular weight is 397 g/mol. The molecule has 142 valence electrons. The summed E-state index contributed by atoms with van der Waals surface area (Å²) >= 11 is 6.08. The first-order chi connectivity index (χ1) is 13.5. The molecule has 0 saturated heterocycles. The van der Waals surface area contributed by atoms with Crippen molar-refractivity contribution in [3.8, 4) is 11.5 Å². The number of rotatable bonds is 4. The number of H-pyrrole nitrogens is 1. The molecule has 0 bridgehead atoms. The van der Waals surface area contributed by atoms with Gasteiger partial charge in [-0.05, 0) is 48.9 Å². The fraction of sp³-hybridized carbons (Fsp3) is 0.150. The Balaban J connectivity index is 1.82. The molecular formula is C20H17ClN4O3. The van der Waals surface area contributed by atoms with Crippen molar-refractivity contribution in [2.75, 3.05) is 14.2 Å². The number of nitrogens with zero attached hydrogens (tertiary/aromatic N) is 3. The Kier molecular flexibility index (Phi) is 4.52. The van der Waals surface area contributed by atoms with E-state index >= 15 is 0 Å². The van der Waals surface area contributed by atoms with Gasteiger partial charge in [-0.1, -0.05) is 11.6 Å². The summed E-state index contributed by atoms with van der Waals surface area (Å²) in [4.78, 5) is 20.6. The number of aromatic amines is 1. The quantitative estimate of drug-likeness (QED) is 0.533. The van der Waals surface area contributed by atoms with Crippen LogP contribution in [0.25, 0.3) is 21.9 Å². The van der Waals surface area contributed by atoms with Crippen LogP contribution >= 0.6 is 11.6 Å². The number of aromatic nitrogens is 3. The Morgan fingerprint density at radius 2 is 1.93 bits per heavy atom. The van der Waals surface area contributed by atoms with Crippen molar-refractivity contribution in [2.24, 2.45) is 5.10 Å². The zero-order valence-electron chi connectivity index (χ0n) is 15.5. The first-order valence-corrected chi connectivity index (χ1v) is 8.86. The smallest absolute Gasteiger partial charge is 0.298 e. The van der Waals surface area contributed by atoms with E-state index in [0.717, 1.165) is 16.5 Å². The van der Waals surface area contributed by atoms with Crippen LogP contribution in [0.4, 0.5) is 0 Å². The van der Waals surface area contributed by atoms with Gasteiger partial charge in [0.15, 0.2) is 11.5 Å². The van der Waals surface area contributed by atoms with Crippen molar-refractivity contribution < 1.29 is 9.47 Å². The third-order valence-electron chi connectivity index (χ3n) is 4.45. The molecule has 0 unspecified atom stereocenters. The summed E-state index contributed by atoms with van der Waals surface area (Å²) in [7, 11) is 3.14. The minimum Gasteiger partial charge on any atom is -0.493 e. The van der Waals surface area contributed by atoms with Gasteiger partial charge in [0.25, 0.3) is 5.56 Å². The Morgan fingerprint density at radius 3 is 2.68 bits per heavy atom. The normalized spacial score (nSPS) is 11.6. The summed E-state index contributed by atoms with van der Waals surface area (Å²) in [6.45, 7) is 1.73. The summed E-state index contributed by atoms with van der Waals surface area (Å²) in [5.74, 6) is 1.67. The lowest BCUT2D eigenvalue weighted by molar-refractivity contribution is 0.355. The van der Waals surface area contributed by atoms with Gasteiger partial charge in [0.2, 0.25) is 0 Å². The van der Waals surface area contributed by atoms with Crippen molar-refractivity contribution >= 4 is 39.8 Å². The molecule has 28 heavy (non-hydrogen) atoms. The molecule has 4 aromatic rings. The Bertz CT molecular complexity index is 1290. The van der Waals surface area contributed by atoms with Crippen LogP contribution in [-0.2, 0) is 0 Å². The van der Waals surface area contributed by atoms with Crippen LogP contribution in [0.3, 0.4) is 0 Å². The summed E-state index contributed by atoms with van der Waals surface area (Å²) in [5, 5.41) is 5.71. The van der Waals surface area contributed by atoms with Gasteiger partial charge in [-0.25, -0.2) is 4.98 Å². The second-order valence-corrected chi connectivity index (χ2v) is 6.61. The second kappa shape index (κ2) is 7.01. The van der Waals surface area contributed by atoms with Gasteiger partial charge in [0.1, 0.15) is 16.9 Å². The second-order valence-electron chi connectivity index (χ2n) is 6.17. The molecular weight excluding hydrogens is 380 g/mol. The molecule has 2 heterocycles. The van der Waals surface area contributed by atoms with Gasteiger partial charge in [-0.3, -0.25) is 4.79 Å². The van der Waals surface area contributed by atoms with Crippen LogP contribution < -0.4 is 15.0 Å². The van der Waals surface area contributed by atoms with Gasteiger partial charge in [0, 0.05) is 15.9 Å². The van der Waals surface area contributed by atoms with Gasteiger partial charge >= 0.3 is 0 Å². The molecule has 2 aromatic carbocycles. The monoisotopic (exact) mass is 396 g/mol. The summed E-state index contributed by atoms with van der Waals surface area (Å²) in [6, 6.07) is 10.8. The minimum absolute atomic E-state index is 0.286. The average Bonchev–Trinajstić information content (AvgIpc) is 3.05. The first-order valence-electron chi connectivity index (χ1n) is 8.49. The maximum Gasteiger partial charge on any atom is 0.298 e. The Morgan fingerprint density at radius 1 is 1.14 bits per heavy atom. The molecule has 0 amide bonds. The van der Waals surface area contributed by atoms with Crippen LogP contribution in [0.2, 0.25) is 5.02 Å². The molecule has 2 aromatic heterocycles. The highest BCUT2D eigenvalue weighted by molar-refractivity contribution is 6.31. The lowest BCUT2D eigenvalue weighted by Gasteiger charge is -2.07. The van der Waals surface area contributed by atoms with E-state index in [1.54, 1.807) is 51.6 Å². The van der Waals surface area contributed by atoms with Gasteiger partial charge < -0.3 is 14.5 Å². The number of methoxy groups -OCH3 is 2. The third-order valence-corrected chi connectivity index (χ3v) is 4.68. The van der Waals surface area contributed by atoms with Crippen LogP contribution in [0.15, 0.2) is 46.3 Å². The molecule has 0 aliphatic heterocycles. The number of aryl methyl sites for hydroxylation is 1. The van der Waals surface area contributed by atoms with Crippen LogP contribution in [0.1, 0.15) is 11.4 Å². The van der Waals surface area contributed by atoms with Crippen LogP contribution in [0, 0.1) is 6.92 Å². The lowest BCUT2D eigenvalue weighted by Crippen LogP contribution is -2.20. The fourth-order valence-electron chi connectivity index (χ4n) is 3.08. The molecule has 0 saturated carbocycles. The number of ether oxygens (including phenoxy) is 2. The van der Waals surface area contributed by atoms with Crippen molar-refractivity contribution in [1.29, 1.82) is 0 Å². The van der Waals surface area contributed by atoms with Crippen LogP contribution in [-0.4, -0.2) is 35.1 Å². The standard InChI is InChI=1S/C20H17ClN4O3/c1-11-23-18-14-9-13(21)5-6-15(14)24-19(18)20(26)25(11)22-10-12-4-7-16(27-2)17(8-12)28-3/h4-10,24H,1-3H3. The predicted molar refractivity (Wildman–Crippen MR) is 110 cm³/mol. The molecule has 0 fully saturated rings. The molecule has 0 aliphatic rings. The van der Waals surface area contributed by atoms with E-state index < -0.39 is 0 Å². The number of hydrogen-bond donors (Lipinski definition) is 1. The predicted octanol–water partition coefficient (Wildman–Crippen LogP) is 3.74. The van der Waals surface area contributed by atoms with Crippen molar-refractivity contribution in [3.05, 3.63) is 63.2 Å². The van der Waals surface area contributed by atoms with E-state index in [1.807, 2.05) is 12.1 Å². The SMILES string of the molecule is COc1ccc(C=Nn2c(C)nc3c([nH]c4ccc(Cl)cc43)c2=O)cc1OC. The first kappa shape index (κ1) is 18.1. The molecule has 1 N–H and O–H groups in total. The fourth-order valence-corrected chi connectivity index (χ4v) is 3.25. The van der Waals surface area contributed by atoms with Gasteiger partial charge in [-0.15, -0.1) is 0 Å². The van der Waals surface area contributed by atoms with Crippen molar-refractivity contribution in [2.45, 2.75) is 6.92 Å².